The van der Waals surface area contributed by atoms with Crippen molar-refractivity contribution in [1.82, 2.24) is 0 Å². The summed E-state index contributed by atoms with van der Waals surface area (Å²) in [4.78, 5) is 0. The first-order valence-electron chi connectivity index (χ1n) is 5.96. The summed E-state index contributed by atoms with van der Waals surface area (Å²) in [6.07, 6.45) is -0.382. The average Bonchev–Trinajstić information content (AvgIpc) is 2.30. The van der Waals surface area contributed by atoms with E-state index in [-0.39, 0.29) is 18.6 Å². The molecule has 2 atom stereocenters. The second-order valence-electron chi connectivity index (χ2n) is 4.98. The van der Waals surface area contributed by atoms with E-state index in [0.717, 1.165) is 5.56 Å². The van der Waals surface area contributed by atoms with Crippen LogP contribution in [0.25, 0.3) is 0 Å². The zero-order valence-corrected chi connectivity index (χ0v) is 10.8. The molecule has 0 saturated carbocycles. The van der Waals surface area contributed by atoms with E-state index in [4.69, 9.17) is 4.74 Å². The molecule has 96 valence electrons. The fourth-order valence-corrected chi connectivity index (χ4v) is 1.94. The van der Waals surface area contributed by atoms with E-state index in [1.807, 2.05) is 44.2 Å². The lowest BCUT2D eigenvalue weighted by molar-refractivity contribution is -0.144. The summed E-state index contributed by atoms with van der Waals surface area (Å²) in [5, 5.41) is 19.2. The van der Waals surface area contributed by atoms with Crippen LogP contribution in [0.4, 0.5) is 0 Å². The van der Waals surface area contributed by atoms with Gasteiger partial charge in [0.15, 0.2) is 0 Å². The lowest BCUT2D eigenvalue weighted by atomic mass is 9.91. The van der Waals surface area contributed by atoms with Crippen molar-refractivity contribution in [3.05, 3.63) is 35.9 Å². The topological polar surface area (TPSA) is 49.7 Å². The molecule has 3 heteroatoms. The van der Waals surface area contributed by atoms with Gasteiger partial charge in [0.25, 0.3) is 0 Å². The Bertz CT molecular complexity index is 319. The van der Waals surface area contributed by atoms with Gasteiger partial charge in [-0.2, -0.15) is 0 Å². The normalized spacial score (nSPS) is 16.8. The summed E-state index contributed by atoms with van der Waals surface area (Å²) in [6, 6.07) is 9.81. The highest BCUT2D eigenvalue weighted by Gasteiger charge is 2.34. The fourth-order valence-electron chi connectivity index (χ4n) is 1.94. The Morgan fingerprint density at radius 1 is 1.24 bits per heavy atom. The van der Waals surface area contributed by atoms with Gasteiger partial charge in [-0.1, -0.05) is 44.2 Å². The molecule has 0 saturated heterocycles. The summed E-state index contributed by atoms with van der Waals surface area (Å²) < 4.78 is 5.74. The number of benzene rings is 1. The average molecular weight is 238 g/mol. The van der Waals surface area contributed by atoms with Gasteiger partial charge in [0, 0.05) is 0 Å². The predicted molar refractivity (Wildman–Crippen MR) is 67.6 cm³/mol. The van der Waals surface area contributed by atoms with Crippen LogP contribution in [0.5, 0.6) is 0 Å². The molecule has 1 aromatic carbocycles. The van der Waals surface area contributed by atoms with Crippen molar-refractivity contribution in [3.63, 3.8) is 0 Å². The van der Waals surface area contributed by atoms with Crippen LogP contribution < -0.4 is 0 Å². The maximum absolute atomic E-state index is 10.1. The Morgan fingerprint density at radius 3 is 2.29 bits per heavy atom. The van der Waals surface area contributed by atoms with Crippen LogP contribution in [-0.2, 0) is 11.3 Å². The van der Waals surface area contributed by atoms with Crippen molar-refractivity contribution in [2.45, 2.75) is 39.1 Å². The smallest absolute Gasteiger partial charge is 0.111 e. The molecule has 2 N–H and O–H groups in total. The molecule has 1 aromatic rings. The van der Waals surface area contributed by atoms with Crippen molar-refractivity contribution in [3.8, 4) is 0 Å². The number of aliphatic hydroxyl groups excluding tert-OH is 1. The number of aliphatic hydroxyl groups is 2. The molecular formula is C14H22O3. The maximum Gasteiger partial charge on any atom is 0.111 e. The van der Waals surface area contributed by atoms with Gasteiger partial charge in [-0.15, -0.1) is 0 Å². The van der Waals surface area contributed by atoms with Gasteiger partial charge in [-0.05, 0) is 18.4 Å². The van der Waals surface area contributed by atoms with E-state index in [1.54, 1.807) is 6.92 Å². The third kappa shape index (κ3) is 4.11. The minimum absolute atomic E-state index is 0.140. The van der Waals surface area contributed by atoms with Gasteiger partial charge >= 0.3 is 0 Å². The lowest BCUT2D eigenvalue weighted by Gasteiger charge is -2.34. The summed E-state index contributed by atoms with van der Waals surface area (Å²) in [5.74, 6) is 0.140. The van der Waals surface area contributed by atoms with E-state index in [2.05, 4.69) is 0 Å². The monoisotopic (exact) mass is 238 g/mol. The maximum atomic E-state index is 10.1. The second kappa shape index (κ2) is 6.15. The minimum Gasteiger partial charge on any atom is -0.393 e. The van der Waals surface area contributed by atoms with Crippen molar-refractivity contribution < 1.29 is 14.9 Å². The van der Waals surface area contributed by atoms with E-state index in [9.17, 15) is 10.2 Å². The Balaban J connectivity index is 2.63. The first-order chi connectivity index (χ1) is 7.97. The molecule has 0 aliphatic carbocycles. The molecule has 0 heterocycles. The predicted octanol–water partition coefficient (Wildman–Crippen LogP) is 1.97. The molecule has 0 aromatic heterocycles. The van der Waals surface area contributed by atoms with E-state index in [0.29, 0.717) is 6.61 Å². The highest BCUT2D eigenvalue weighted by atomic mass is 16.5. The van der Waals surface area contributed by atoms with Crippen LogP contribution in [-0.4, -0.2) is 28.5 Å². The molecule has 0 spiro atoms. The van der Waals surface area contributed by atoms with Crippen LogP contribution in [0.2, 0.25) is 0 Å². The summed E-state index contributed by atoms with van der Waals surface area (Å²) in [5.41, 5.74) is -0.143. The third-order valence-electron chi connectivity index (χ3n) is 2.81. The minimum atomic E-state index is -1.21. The van der Waals surface area contributed by atoms with Crippen LogP contribution >= 0.6 is 0 Å². The SMILES string of the molecule is CC(C)[C@@H](OCc1ccccc1)[C@@](C)(O)CO. The third-order valence-corrected chi connectivity index (χ3v) is 2.81. The lowest BCUT2D eigenvalue weighted by Crippen LogP contribution is -2.47. The zero-order valence-electron chi connectivity index (χ0n) is 10.8. The largest absolute Gasteiger partial charge is 0.393 e. The van der Waals surface area contributed by atoms with Gasteiger partial charge in [0.2, 0.25) is 0 Å². The highest BCUT2D eigenvalue weighted by molar-refractivity contribution is 5.13. The Morgan fingerprint density at radius 2 is 1.82 bits per heavy atom. The van der Waals surface area contributed by atoms with Gasteiger partial charge in [0.1, 0.15) is 5.60 Å². The molecule has 17 heavy (non-hydrogen) atoms. The quantitative estimate of drug-likeness (QED) is 0.796. The first kappa shape index (κ1) is 14.2. The number of hydrogen-bond acceptors (Lipinski definition) is 3. The van der Waals surface area contributed by atoms with Gasteiger partial charge in [-0.3, -0.25) is 0 Å². The molecular weight excluding hydrogens is 216 g/mol. The molecule has 0 aliphatic heterocycles. The zero-order chi connectivity index (χ0) is 12.9. The Hall–Kier alpha value is -0.900. The Kier molecular flexibility index (Phi) is 5.12. The van der Waals surface area contributed by atoms with Crippen LogP contribution in [0.1, 0.15) is 26.3 Å². The van der Waals surface area contributed by atoms with Crippen molar-refractivity contribution in [2.24, 2.45) is 5.92 Å². The summed E-state index contributed by atoms with van der Waals surface area (Å²) in [6.45, 7) is 5.69. The first-order valence-corrected chi connectivity index (χ1v) is 5.96. The van der Waals surface area contributed by atoms with Crippen LogP contribution in [0, 0.1) is 5.92 Å². The number of ether oxygens (including phenoxy) is 1. The molecule has 0 aliphatic rings. The highest BCUT2D eigenvalue weighted by Crippen LogP contribution is 2.22. The number of hydrogen-bond donors (Lipinski definition) is 2. The molecule has 0 fully saturated rings. The van der Waals surface area contributed by atoms with E-state index in [1.165, 1.54) is 0 Å². The standard InChI is InChI=1S/C14H22O3/c1-11(2)13(14(3,16)10-15)17-9-12-7-5-4-6-8-12/h4-8,11,13,15-16H,9-10H2,1-3H3/t13-,14+/m1/s1. The summed E-state index contributed by atoms with van der Waals surface area (Å²) in [7, 11) is 0. The second-order valence-corrected chi connectivity index (χ2v) is 4.98. The van der Waals surface area contributed by atoms with Crippen molar-refractivity contribution >= 4 is 0 Å². The summed E-state index contributed by atoms with van der Waals surface area (Å²) >= 11 is 0. The van der Waals surface area contributed by atoms with Gasteiger partial charge < -0.3 is 14.9 Å². The molecule has 0 radical (unpaired) electrons. The van der Waals surface area contributed by atoms with Crippen molar-refractivity contribution in [2.75, 3.05) is 6.61 Å². The van der Waals surface area contributed by atoms with E-state index < -0.39 is 5.60 Å². The van der Waals surface area contributed by atoms with Gasteiger partial charge in [0.05, 0.1) is 19.3 Å². The van der Waals surface area contributed by atoms with Gasteiger partial charge in [-0.25, -0.2) is 0 Å². The Labute approximate surface area is 103 Å². The van der Waals surface area contributed by atoms with Crippen LogP contribution in [0.15, 0.2) is 30.3 Å². The molecule has 3 nitrogen and oxygen atoms in total. The molecule has 0 bridgehead atoms. The van der Waals surface area contributed by atoms with Crippen molar-refractivity contribution in [1.29, 1.82) is 0 Å². The molecule has 1 rings (SSSR count). The molecule has 0 amide bonds. The number of rotatable bonds is 6. The fraction of sp³-hybridized carbons (Fsp3) is 0.571. The van der Waals surface area contributed by atoms with Crippen LogP contribution in [0.3, 0.4) is 0 Å². The van der Waals surface area contributed by atoms with E-state index >= 15 is 0 Å². The molecule has 0 unspecified atom stereocenters.